The van der Waals surface area contributed by atoms with Crippen LogP contribution in [0.1, 0.15) is 29.4 Å². The van der Waals surface area contributed by atoms with Crippen LogP contribution in [0, 0.1) is 18.8 Å². The van der Waals surface area contributed by atoms with E-state index in [1.807, 2.05) is 38.1 Å². The zero-order valence-corrected chi connectivity index (χ0v) is 12.8. The molecule has 2 unspecified atom stereocenters. The van der Waals surface area contributed by atoms with Crippen molar-refractivity contribution in [3.63, 3.8) is 0 Å². The Bertz CT molecular complexity index is 735. The molecule has 0 spiro atoms. The van der Waals surface area contributed by atoms with Crippen molar-refractivity contribution in [3.8, 4) is 0 Å². The number of carbonyl (C=O) groups is 2. The lowest BCUT2D eigenvalue weighted by Gasteiger charge is -2.34. The summed E-state index contributed by atoms with van der Waals surface area (Å²) in [6.45, 7) is 4.89. The van der Waals surface area contributed by atoms with Gasteiger partial charge in [0.15, 0.2) is 0 Å². The van der Waals surface area contributed by atoms with Gasteiger partial charge < -0.3 is 15.0 Å². The average Bonchev–Trinajstić information content (AvgIpc) is 2.88. The first kappa shape index (κ1) is 14.6. The highest BCUT2D eigenvalue weighted by atomic mass is 16.4. The van der Waals surface area contributed by atoms with Crippen LogP contribution in [0.3, 0.4) is 0 Å². The predicted octanol–water partition coefficient (Wildman–Crippen LogP) is 2.66. The molecule has 0 bridgehead atoms. The Kier molecular flexibility index (Phi) is 3.64. The SMILES string of the molecule is Cc1ccc2cc(C(=O)N3CC(C)CC(C(=O)O)C3)[nH]c2c1. The molecule has 2 atom stereocenters. The number of nitrogens with one attached hydrogen (secondary N) is 1. The number of hydrogen-bond acceptors (Lipinski definition) is 2. The minimum Gasteiger partial charge on any atom is -0.481 e. The topological polar surface area (TPSA) is 73.4 Å². The lowest BCUT2D eigenvalue weighted by molar-refractivity contribution is -0.143. The molecule has 1 amide bonds. The Labute approximate surface area is 128 Å². The van der Waals surface area contributed by atoms with Crippen molar-refractivity contribution in [2.75, 3.05) is 13.1 Å². The first-order valence-electron chi connectivity index (χ1n) is 7.55. The highest BCUT2D eigenvalue weighted by Crippen LogP contribution is 2.24. The van der Waals surface area contributed by atoms with Crippen LogP contribution in [-0.4, -0.2) is 40.0 Å². The molecule has 0 saturated carbocycles. The van der Waals surface area contributed by atoms with Crippen LogP contribution in [0.2, 0.25) is 0 Å². The number of aliphatic carboxylic acids is 1. The van der Waals surface area contributed by atoms with E-state index in [-0.39, 0.29) is 18.4 Å². The predicted molar refractivity (Wildman–Crippen MR) is 83.8 cm³/mol. The van der Waals surface area contributed by atoms with Gasteiger partial charge in [0, 0.05) is 24.0 Å². The molecule has 1 aliphatic heterocycles. The van der Waals surface area contributed by atoms with Gasteiger partial charge in [0.05, 0.1) is 5.92 Å². The molecule has 0 radical (unpaired) electrons. The molecular weight excluding hydrogens is 280 g/mol. The first-order valence-corrected chi connectivity index (χ1v) is 7.55. The number of piperidine rings is 1. The zero-order chi connectivity index (χ0) is 15.9. The number of aromatic amines is 1. The second-order valence-corrected chi connectivity index (χ2v) is 6.36. The number of hydrogen-bond donors (Lipinski definition) is 2. The van der Waals surface area contributed by atoms with Crippen LogP contribution in [0.5, 0.6) is 0 Å². The number of nitrogens with zero attached hydrogens (tertiary/aromatic N) is 1. The molecule has 2 N–H and O–H groups in total. The number of carboxylic acid groups (broad SMARTS) is 1. The van der Waals surface area contributed by atoms with Gasteiger partial charge >= 0.3 is 5.97 Å². The molecule has 3 rings (SSSR count). The summed E-state index contributed by atoms with van der Waals surface area (Å²) in [5.74, 6) is -1.21. The summed E-state index contributed by atoms with van der Waals surface area (Å²) < 4.78 is 0. The maximum atomic E-state index is 12.7. The van der Waals surface area contributed by atoms with Crippen LogP contribution in [0.4, 0.5) is 0 Å². The fourth-order valence-electron chi connectivity index (χ4n) is 3.22. The average molecular weight is 300 g/mol. The number of likely N-dealkylation sites (tertiary alicyclic amines) is 1. The van der Waals surface area contributed by atoms with Crippen molar-refractivity contribution in [1.82, 2.24) is 9.88 Å². The lowest BCUT2D eigenvalue weighted by Crippen LogP contribution is -2.45. The third kappa shape index (κ3) is 2.71. The van der Waals surface area contributed by atoms with Crippen molar-refractivity contribution in [3.05, 3.63) is 35.5 Å². The fourth-order valence-corrected chi connectivity index (χ4v) is 3.22. The van der Waals surface area contributed by atoms with E-state index < -0.39 is 11.9 Å². The molecule has 0 aliphatic carbocycles. The standard InChI is InChI=1S/C17H20N2O3/c1-10-3-4-12-7-15(18-14(12)6-10)16(20)19-8-11(2)5-13(9-19)17(21)22/h3-4,6-7,11,13,18H,5,8-9H2,1-2H3,(H,21,22). The van der Waals surface area contributed by atoms with E-state index in [0.29, 0.717) is 18.7 Å². The van der Waals surface area contributed by atoms with Gasteiger partial charge in [0.1, 0.15) is 5.69 Å². The van der Waals surface area contributed by atoms with Gasteiger partial charge in [-0.05, 0) is 37.0 Å². The van der Waals surface area contributed by atoms with Crippen molar-refractivity contribution in [2.24, 2.45) is 11.8 Å². The van der Waals surface area contributed by atoms with Crippen LogP contribution >= 0.6 is 0 Å². The molecule has 116 valence electrons. The lowest BCUT2D eigenvalue weighted by atomic mass is 9.90. The number of carboxylic acids is 1. The molecular formula is C17H20N2O3. The van der Waals surface area contributed by atoms with Gasteiger partial charge in [-0.15, -0.1) is 0 Å². The summed E-state index contributed by atoms with van der Waals surface area (Å²) in [5, 5.41) is 10.2. The quantitative estimate of drug-likeness (QED) is 0.895. The Morgan fingerprint density at radius 3 is 2.77 bits per heavy atom. The van der Waals surface area contributed by atoms with Gasteiger partial charge in [0.2, 0.25) is 0 Å². The monoisotopic (exact) mass is 300 g/mol. The van der Waals surface area contributed by atoms with Crippen LogP contribution < -0.4 is 0 Å². The Morgan fingerprint density at radius 2 is 2.05 bits per heavy atom. The van der Waals surface area contributed by atoms with Crippen LogP contribution in [0.25, 0.3) is 10.9 Å². The van der Waals surface area contributed by atoms with Crippen molar-refractivity contribution >= 4 is 22.8 Å². The van der Waals surface area contributed by atoms with E-state index >= 15 is 0 Å². The highest BCUT2D eigenvalue weighted by molar-refractivity contribution is 5.98. The Morgan fingerprint density at radius 1 is 1.27 bits per heavy atom. The second-order valence-electron chi connectivity index (χ2n) is 6.36. The smallest absolute Gasteiger partial charge is 0.308 e. The highest BCUT2D eigenvalue weighted by Gasteiger charge is 2.32. The van der Waals surface area contributed by atoms with Crippen molar-refractivity contribution in [2.45, 2.75) is 20.3 Å². The number of carbonyl (C=O) groups excluding carboxylic acids is 1. The number of fused-ring (bicyclic) bond motifs is 1. The van der Waals surface area contributed by atoms with E-state index in [2.05, 4.69) is 4.98 Å². The van der Waals surface area contributed by atoms with Crippen molar-refractivity contribution < 1.29 is 14.7 Å². The van der Waals surface area contributed by atoms with Crippen molar-refractivity contribution in [1.29, 1.82) is 0 Å². The van der Waals surface area contributed by atoms with E-state index in [4.69, 9.17) is 0 Å². The maximum absolute atomic E-state index is 12.7. The number of rotatable bonds is 2. The van der Waals surface area contributed by atoms with E-state index in [0.717, 1.165) is 16.5 Å². The largest absolute Gasteiger partial charge is 0.481 e. The molecule has 5 nitrogen and oxygen atoms in total. The van der Waals surface area contributed by atoms with E-state index in [1.165, 1.54) is 0 Å². The van der Waals surface area contributed by atoms with Crippen LogP contribution in [0.15, 0.2) is 24.3 Å². The third-order valence-electron chi connectivity index (χ3n) is 4.30. The molecule has 2 aromatic rings. The summed E-state index contributed by atoms with van der Waals surface area (Å²) >= 11 is 0. The second kappa shape index (κ2) is 5.48. The first-order chi connectivity index (χ1) is 10.4. The molecule has 1 saturated heterocycles. The minimum absolute atomic E-state index is 0.119. The van der Waals surface area contributed by atoms with Gasteiger partial charge in [-0.25, -0.2) is 0 Å². The molecule has 1 aromatic heterocycles. The number of aromatic nitrogens is 1. The molecule has 1 aliphatic rings. The summed E-state index contributed by atoms with van der Waals surface area (Å²) in [7, 11) is 0. The van der Waals surface area contributed by atoms with E-state index in [9.17, 15) is 14.7 Å². The number of benzene rings is 1. The summed E-state index contributed by atoms with van der Waals surface area (Å²) in [6, 6.07) is 7.84. The Hall–Kier alpha value is -2.30. The van der Waals surface area contributed by atoms with Gasteiger partial charge in [0.25, 0.3) is 5.91 Å². The fraction of sp³-hybridized carbons (Fsp3) is 0.412. The van der Waals surface area contributed by atoms with Gasteiger partial charge in [-0.1, -0.05) is 19.1 Å². The molecule has 5 heteroatoms. The van der Waals surface area contributed by atoms with Gasteiger partial charge in [-0.2, -0.15) is 0 Å². The normalized spacial score (nSPS) is 22.0. The molecule has 1 fully saturated rings. The minimum atomic E-state index is -0.823. The molecule has 22 heavy (non-hydrogen) atoms. The Balaban J connectivity index is 1.86. The maximum Gasteiger partial charge on any atom is 0.308 e. The number of H-pyrrole nitrogens is 1. The van der Waals surface area contributed by atoms with E-state index in [1.54, 1.807) is 4.90 Å². The summed E-state index contributed by atoms with van der Waals surface area (Å²) in [4.78, 5) is 28.7. The van der Waals surface area contributed by atoms with Crippen LogP contribution in [-0.2, 0) is 4.79 Å². The zero-order valence-electron chi connectivity index (χ0n) is 12.8. The number of amides is 1. The summed E-state index contributed by atoms with van der Waals surface area (Å²) in [5.41, 5.74) is 2.59. The van der Waals surface area contributed by atoms with Gasteiger partial charge in [-0.3, -0.25) is 9.59 Å². The summed E-state index contributed by atoms with van der Waals surface area (Å²) in [6.07, 6.45) is 0.630. The molecule has 1 aromatic carbocycles. The third-order valence-corrected chi connectivity index (χ3v) is 4.30. The molecule has 2 heterocycles. The number of aryl methyl sites for hydroxylation is 1.